The largest absolute Gasteiger partial charge is 0.353 e. The third-order valence-corrected chi connectivity index (χ3v) is 2.98. The van der Waals surface area contributed by atoms with Gasteiger partial charge in [0.15, 0.2) is 0 Å². The van der Waals surface area contributed by atoms with Crippen molar-refractivity contribution >= 4 is 5.91 Å². The topological polar surface area (TPSA) is 29.1 Å². The van der Waals surface area contributed by atoms with Crippen LogP contribution in [0.3, 0.4) is 0 Å². The van der Waals surface area contributed by atoms with Crippen molar-refractivity contribution in [1.82, 2.24) is 5.32 Å². The summed E-state index contributed by atoms with van der Waals surface area (Å²) in [6.07, 6.45) is 0.969. The van der Waals surface area contributed by atoms with Gasteiger partial charge in [-0.15, -0.1) is 0 Å². The van der Waals surface area contributed by atoms with Gasteiger partial charge in [0.25, 0.3) is 0 Å². The molecule has 1 aromatic carbocycles. The van der Waals surface area contributed by atoms with Crippen molar-refractivity contribution < 1.29 is 4.79 Å². The fraction of sp³-hybridized carbons (Fsp3) is 0.417. The van der Waals surface area contributed by atoms with Crippen molar-refractivity contribution in [2.24, 2.45) is 0 Å². The number of amides is 1. The lowest BCUT2D eigenvalue weighted by atomic mass is 10.0. The van der Waals surface area contributed by atoms with Gasteiger partial charge >= 0.3 is 0 Å². The maximum Gasteiger partial charge on any atom is 0.217 e. The van der Waals surface area contributed by atoms with E-state index in [1.807, 2.05) is 0 Å². The van der Waals surface area contributed by atoms with E-state index in [4.69, 9.17) is 0 Å². The number of hydrogen-bond acceptors (Lipinski definition) is 1. The van der Waals surface area contributed by atoms with Gasteiger partial charge < -0.3 is 5.32 Å². The predicted molar refractivity (Wildman–Crippen MR) is 56.2 cm³/mol. The van der Waals surface area contributed by atoms with Gasteiger partial charge in [-0.2, -0.15) is 0 Å². The first-order chi connectivity index (χ1) is 6.68. The fourth-order valence-corrected chi connectivity index (χ4v) is 2.23. The number of benzene rings is 1. The Morgan fingerprint density at radius 1 is 1.43 bits per heavy atom. The molecule has 0 saturated carbocycles. The van der Waals surface area contributed by atoms with Gasteiger partial charge in [0.1, 0.15) is 0 Å². The summed E-state index contributed by atoms with van der Waals surface area (Å²) in [7, 11) is 0. The van der Waals surface area contributed by atoms with Crippen LogP contribution in [0, 0.1) is 0 Å². The highest BCUT2D eigenvalue weighted by atomic mass is 16.1. The lowest BCUT2D eigenvalue weighted by Gasteiger charge is -2.16. The standard InChI is InChI=1S/C12H15NO/c1-8-11-6-4-3-5-10(11)7-12(8)13-9(2)14/h3-6,8,12H,7H2,1-2H3,(H,13,14)/t8-,12+/m1/s1. The zero-order chi connectivity index (χ0) is 10.1. The van der Waals surface area contributed by atoms with Gasteiger partial charge in [-0.1, -0.05) is 31.2 Å². The Kier molecular flexibility index (Phi) is 2.28. The van der Waals surface area contributed by atoms with Crippen molar-refractivity contribution in [3.63, 3.8) is 0 Å². The maximum absolute atomic E-state index is 11.0. The lowest BCUT2D eigenvalue weighted by molar-refractivity contribution is -0.119. The van der Waals surface area contributed by atoms with E-state index in [1.54, 1.807) is 6.92 Å². The first-order valence-electron chi connectivity index (χ1n) is 5.03. The first-order valence-corrected chi connectivity index (χ1v) is 5.03. The van der Waals surface area contributed by atoms with Crippen LogP contribution in [0.5, 0.6) is 0 Å². The Morgan fingerprint density at radius 2 is 2.14 bits per heavy atom. The fourth-order valence-electron chi connectivity index (χ4n) is 2.23. The van der Waals surface area contributed by atoms with E-state index in [9.17, 15) is 4.79 Å². The van der Waals surface area contributed by atoms with Crippen molar-refractivity contribution in [2.75, 3.05) is 0 Å². The molecule has 0 aromatic heterocycles. The minimum absolute atomic E-state index is 0.0645. The number of carbonyl (C=O) groups excluding carboxylic acids is 1. The van der Waals surface area contributed by atoms with Gasteiger partial charge in [-0.3, -0.25) is 4.79 Å². The molecule has 14 heavy (non-hydrogen) atoms. The summed E-state index contributed by atoms with van der Waals surface area (Å²) in [6, 6.07) is 8.70. The van der Waals surface area contributed by atoms with E-state index in [0.29, 0.717) is 5.92 Å². The van der Waals surface area contributed by atoms with Crippen molar-refractivity contribution in [2.45, 2.75) is 32.2 Å². The van der Waals surface area contributed by atoms with Gasteiger partial charge in [-0.05, 0) is 17.5 Å². The van der Waals surface area contributed by atoms with Crippen LogP contribution in [0.25, 0.3) is 0 Å². The molecule has 1 aliphatic rings. The Hall–Kier alpha value is -1.31. The lowest BCUT2D eigenvalue weighted by Crippen LogP contribution is -2.35. The molecule has 1 N–H and O–H groups in total. The summed E-state index contributed by atoms with van der Waals surface area (Å²) in [5, 5.41) is 3.00. The molecule has 2 atom stereocenters. The van der Waals surface area contributed by atoms with Crippen LogP contribution in [-0.2, 0) is 11.2 Å². The molecule has 0 unspecified atom stereocenters. The molecule has 2 heteroatoms. The molecule has 0 bridgehead atoms. The van der Waals surface area contributed by atoms with E-state index >= 15 is 0 Å². The molecule has 0 fully saturated rings. The molecule has 0 aliphatic heterocycles. The first kappa shape index (κ1) is 9.25. The highest BCUT2D eigenvalue weighted by Crippen LogP contribution is 2.32. The van der Waals surface area contributed by atoms with Crippen LogP contribution in [0.2, 0.25) is 0 Å². The van der Waals surface area contributed by atoms with Gasteiger partial charge in [0, 0.05) is 18.9 Å². The summed E-state index contributed by atoms with van der Waals surface area (Å²) in [4.78, 5) is 11.0. The molecule has 74 valence electrons. The Morgan fingerprint density at radius 3 is 2.79 bits per heavy atom. The quantitative estimate of drug-likeness (QED) is 0.717. The van der Waals surface area contributed by atoms with Gasteiger partial charge in [0.2, 0.25) is 5.91 Å². The Balaban J connectivity index is 2.21. The Bertz CT molecular complexity index is 359. The summed E-state index contributed by atoms with van der Waals surface area (Å²) >= 11 is 0. The summed E-state index contributed by atoms with van der Waals surface area (Å²) in [5.41, 5.74) is 2.75. The summed E-state index contributed by atoms with van der Waals surface area (Å²) in [6.45, 7) is 3.75. The molecule has 0 radical (unpaired) electrons. The third kappa shape index (κ3) is 1.52. The molecule has 1 aliphatic carbocycles. The smallest absolute Gasteiger partial charge is 0.217 e. The molecular formula is C12H15NO. The average molecular weight is 189 g/mol. The molecule has 0 spiro atoms. The normalized spacial score (nSPS) is 24.4. The molecule has 1 amide bonds. The van der Waals surface area contributed by atoms with Crippen LogP contribution in [-0.4, -0.2) is 11.9 Å². The van der Waals surface area contributed by atoms with Crippen LogP contribution >= 0.6 is 0 Å². The van der Waals surface area contributed by atoms with E-state index < -0.39 is 0 Å². The predicted octanol–water partition coefficient (Wildman–Crippen LogP) is 1.85. The molecule has 0 saturated heterocycles. The Labute approximate surface area is 84.3 Å². The average Bonchev–Trinajstić information content (AvgIpc) is 2.44. The molecule has 2 rings (SSSR count). The molecule has 0 heterocycles. The number of carbonyl (C=O) groups is 1. The van der Waals surface area contributed by atoms with E-state index in [2.05, 4.69) is 36.5 Å². The number of fused-ring (bicyclic) bond motifs is 1. The van der Waals surface area contributed by atoms with E-state index in [1.165, 1.54) is 11.1 Å². The van der Waals surface area contributed by atoms with E-state index in [0.717, 1.165) is 6.42 Å². The zero-order valence-corrected chi connectivity index (χ0v) is 8.58. The second-order valence-electron chi connectivity index (χ2n) is 4.00. The summed E-state index contributed by atoms with van der Waals surface area (Å²) < 4.78 is 0. The second kappa shape index (κ2) is 3.45. The van der Waals surface area contributed by atoms with Crippen LogP contribution in [0.4, 0.5) is 0 Å². The molecule has 2 nitrogen and oxygen atoms in total. The van der Waals surface area contributed by atoms with Crippen LogP contribution in [0.15, 0.2) is 24.3 Å². The monoisotopic (exact) mass is 189 g/mol. The molecular weight excluding hydrogens is 174 g/mol. The van der Waals surface area contributed by atoms with Crippen LogP contribution < -0.4 is 5.32 Å². The number of nitrogens with one attached hydrogen (secondary N) is 1. The zero-order valence-electron chi connectivity index (χ0n) is 8.58. The van der Waals surface area contributed by atoms with Crippen molar-refractivity contribution in [3.05, 3.63) is 35.4 Å². The van der Waals surface area contributed by atoms with Gasteiger partial charge in [0.05, 0.1) is 0 Å². The number of rotatable bonds is 1. The highest BCUT2D eigenvalue weighted by Gasteiger charge is 2.28. The summed E-state index contributed by atoms with van der Waals surface area (Å²) in [5.74, 6) is 0.504. The highest BCUT2D eigenvalue weighted by molar-refractivity contribution is 5.73. The van der Waals surface area contributed by atoms with Crippen molar-refractivity contribution in [3.8, 4) is 0 Å². The van der Waals surface area contributed by atoms with E-state index in [-0.39, 0.29) is 11.9 Å². The minimum Gasteiger partial charge on any atom is -0.353 e. The second-order valence-corrected chi connectivity index (χ2v) is 4.00. The third-order valence-electron chi connectivity index (χ3n) is 2.98. The van der Waals surface area contributed by atoms with Crippen LogP contribution in [0.1, 0.15) is 30.9 Å². The maximum atomic E-state index is 11.0. The molecule has 1 aromatic rings. The minimum atomic E-state index is 0.0645. The van der Waals surface area contributed by atoms with Crippen molar-refractivity contribution in [1.29, 1.82) is 0 Å². The number of hydrogen-bond donors (Lipinski definition) is 1. The van der Waals surface area contributed by atoms with Gasteiger partial charge in [-0.25, -0.2) is 0 Å². The SMILES string of the molecule is CC(=O)N[C@H]1Cc2ccccc2[C@H]1C.